The van der Waals surface area contributed by atoms with Crippen molar-refractivity contribution in [2.45, 2.75) is 0 Å². The molecule has 0 aliphatic heterocycles. The van der Waals surface area contributed by atoms with Crippen LogP contribution in [0.25, 0.3) is 45.4 Å². The van der Waals surface area contributed by atoms with Gasteiger partial charge in [-0.1, -0.05) is 85.1 Å². The highest BCUT2D eigenvalue weighted by molar-refractivity contribution is 7.84. The van der Waals surface area contributed by atoms with E-state index in [1.54, 1.807) is 0 Å². The van der Waals surface area contributed by atoms with Gasteiger partial charge in [0.2, 0.25) is 11.5 Å². The maximum absolute atomic E-state index is 6.09. The predicted octanol–water partition coefficient (Wildman–Crippen LogP) is 7.37. The minimum Gasteiger partial charge on any atom is -0.416 e. The highest BCUT2D eigenvalue weighted by Gasteiger charge is 2.28. The molecule has 0 saturated heterocycles. The fourth-order valence-corrected chi connectivity index (χ4v) is 5.41. The van der Waals surface area contributed by atoms with Gasteiger partial charge in [-0.2, -0.15) is 9.97 Å². The van der Waals surface area contributed by atoms with Crippen molar-refractivity contribution in [3.05, 3.63) is 120 Å². The van der Waals surface area contributed by atoms with Crippen molar-refractivity contribution >= 4 is 62.4 Å². The van der Waals surface area contributed by atoms with Crippen molar-refractivity contribution in [1.29, 1.82) is 0 Å². The highest BCUT2D eigenvalue weighted by Crippen LogP contribution is 2.34. The molecule has 0 bridgehead atoms. The number of oxazole rings is 1. The topological polar surface area (TPSA) is 43.9 Å². The first kappa shape index (κ1) is 21.1. The lowest BCUT2D eigenvalue weighted by molar-refractivity contribution is 0.608. The molecule has 4 nitrogen and oxygen atoms in total. The van der Waals surface area contributed by atoms with Gasteiger partial charge in [0.1, 0.15) is 5.82 Å². The van der Waals surface area contributed by atoms with Gasteiger partial charge < -0.3 is 4.42 Å². The van der Waals surface area contributed by atoms with Gasteiger partial charge in [-0.05, 0) is 53.2 Å². The SMILES string of the molecule is S=C1C(=Cc2nc3oc(-c4ccccc4)nc3n2-c2ccccc2)C(=S)c2cc3ccccc3cc21. The van der Waals surface area contributed by atoms with Crippen molar-refractivity contribution < 1.29 is 4.42 Å². The van der Waals surface area contributed by atoms with Gasteiger partial charge in [0.25, 0.3) is 5.71 Å². The molecule has 0 fully saturated rings. The molecule has 0 unspecified atom stereocenters. The molecule has 36 heavy (non-hydrogen) atoms. The van der Waals surface area contributed by atoms with Crippen LogP contribution < -0.4 is 0 Å². The number of hydrogen-bond acceptors (Lipinski definition) is 5. The number of aromatic nitrogens is 3. The van der Waals surface area contributed by atoms with Crippen LogP contribution in [0.1, 0.15) is 17.0 Å². The normalized spacial score (nSPS) is 13.1. The van der Waals surface area contributed by atoms with Gasteiger partial charge in [-0.25, -0.2) is 0 Å². The average molecular weight is 500 g/mol. The number of imidazole rings is 1. The van der Waals surface area contributed by atoms with Gasteiger partial charge in [0.05, 0.1) is 9.73 Å². The molecule has 2 heterocycles. The summed E-state index contributed by atoms with van der Waals surface area (Å²) in [5, 5.41) is 2.28. The van der Waals surface area contributed by atoms with Crippen LogP contribution in [0.15, 0.2) is 107 Å². The lowest BCUT2D eigenvalue weighted by Gasteiger charge is -2.06. The molecule has 6 heteroatoms. The van der Waals surface area contributed by atoms with E-state index in [0.29, 0.717) is 23.1 Å². The largest absolute Gasteiger partial charge is 0.416 e. The van der Waals surface area contributed by atoms with Crippen LogP contribution in [0.5, 0.6) is 0 Å². The van der Waals surface area contributed by atoms with E-state index in [1.807, 2.05) is 83.4 Å². The van der Waals surface area contributed by atoms with E-state index >= 15 is 0 Å². The third kappa shape index (κ3) is 3.26. The maximum atomic E-state index is 6.09. The summed E-state index contributed by atoms with van der Waals surface area (Å²) in [6.07, 6.45) is 1.96. The van der Waals surface area contributed by atoms with Crippen molar-refractivity contribution in [3.63, 3.8) is 0 Å². The van der Waals surface area contributed by atoms with E-state index in [0.717, 1.165) is 48.5 Å². The average Bonchev–Trinajstić information content (AvgIpc) is 3.55. The smallest absolute Gasteiger partial charge is 0.267 e. The molecule has 0 radical (unpaired) electrons. The highest BCUT2D eigenvalue weighted by atomic mass is 32.1. The van der Waals surface area contributed by atoms with Crippen molar-refractivity contribution in [3.8, 4) is 17.1 Å². The molecule has 170 valence electrons. The van der Waals surface area contributed by atoms with Crippen molar-refractivity contribution in [2.24, 2.45) is 0 Å². The minimum atomic E-state index is 0.461. The fraction of sp³-hybridized carbons (Fsp3) is 0. The lowest BCUT2D eigenvalue weighted by Crippen LogP contribution is -2.03. The van der Waals surface area contributed by atoms with E-state index in [1.165, 1.54) is 0 Å². The molecule has 0 amide bonds. The van der Waals surface area contributed by atoms with E-state index in [-0.39, 0.29) is 0 Å². The fourth-order valence-electron chi connectivity index (χ4n) is 4.69. The molecule has 2 aromatic heterocycles. The molecular formula is C30H17N3OS2. The molecule has 0 atom stereocenters. The molecular weight excluding hydrogens is 482 g/mol. The number of allylic oxidation sites excluding steroid dienone is 1. The van der Waals surface area contributed by atoms with Crippen LogP contribution in [0.2, 0.25) is 0 Å². The number of nitrogens with zero attached hydrogens (tertiary/aromatic N) is 3. The van der Waals surface area contributed by atoms with Gasteiger partial charge >= 0.3 is 0 Å². The van der Waals surface area contributed by atoms with E-state index in [9.17, 15) is 0 Å². The Bertz CT molecular complexity index is 1810. The summed E-state index contributed by atoms with van der Waals surface area (Å²) < 4.78 is 8.08. The summed E-state index contributed by atoms with van der Waals surface area (Å²) in [7, 11) is 0. The summed E-state index contributed by atoms with van der Waals surface area (Å²) >= 11 is 11.8. The van der Waals surface area contributed by atoms with E-state index in [4.69, 9.17) is 38.8 Å². The Kier molecular flexibility index (Phi) is 4.77. The number of thiocarbonyl (C=S) groups is 2. The number of para-hydroxylation sites is 1. The second kappa shape index (κ2) is 8.16. The number of benzene rings is 4. The van der Waals surface area contributed by atoms with Gasteiger partial charge in [-0.3, -0.25) is 4.57 Å². The summed E-state index contributed by atoms with van der Waals surface area (Å²) in [6.45, 7) is 0. The third-order valence-corrected chi connectivity index (χ3v) is 7.30. The Labute approximate surface area is 217 Å². The molecule has 0 saturated carbocycles. The molecule has 1 aliphatic rings. The summed E-state index contributed by atoms with van der Waals surface area (Å²) in [6, 6.07) is 32.3. The first-order valence-corrected chi connectivity index (χ1v) is 12.3. The first-order valence-electron chi connectivity index (χ1n) is 11.5. The summed E-state index contributed by atoms with van der Waals surface area (Å²) in [5.74, 6) is 1.20. The molecule has 7 rings (SSSR count). The molecule has 4 aromatic carbocycles. The molecule has 0 N–H and O–H groups in total. The zero-order valence-corrected chi connectivity index (χ0v) is 20.5. The third-order valence-electron chi connectivity index (χ3n) is 6.42. The van der Waals surface area contributed by atoms with Gasteiger partial charge in [0, 0.05) is 28.0 Å². The van der Waals surface area contributed by atoms with E-state index in [2.05, 4.69) is 24.3 Å². The zero-order valence-electron chi connectivity index (χ0n) is 18.9. The minimum absolute atomic E-state index is 0.461. The molecule has 6 aromatic rings. The van der Waals surface area contributed by atoms with Crippen LogP contribution in [-0.4, -0.2) is 24.3 Å². The van der Waals surface area contributed by atoms with Crippen LogP contribution in [0.4, 0.5) is 0 Å². The van der Waals surface area contributed by atoms with Gasteiger partial charge in [-0.15, -0.1) is 0 Å². The Morgan fingerprint density at radius 3 is 1.92 bits per heavy atom. The molecule has 1 aliphatic carbocycles. The van der Waals surface area contributed by atoms with Crippen LogP contribution in [0, 0.1) is 0 Å². The van der Waals surface area contributed by atoms with Gasteiger partial charge in [0.15, 0.2) is 0 Å². The quantitative estimate of drug-likeness (QED) is 0.188. The predicted molar refractivity (Wildman–Crippen MR) is 152 cm³/mol. The van der Waals surface area contributed by atoms with E-state index < -0.39 is 0 Å². The van der Waals surface area contributed by atoms with Crippen molar-refractivity contribution in [2.75, 3.05) is 0 Å². The van der Waals surface area contributed by atoms with Crippen LogP contribution in [-0.2, 0) is 0 Å². The summed E-state index contributed by atoms with van der Waals surface area (Å²) in [4.78, 5) is 11.1. The van der Waals surface area contributed by atoms with Crippen molar-refractivity contribution in [1.82, 2.24) is 14.5 Å². The van der Waals surface area contributed by atoms with Crippen LogP contribution >= 0.6 is 24.4 Å². The lowest BCUT2D eigenvalue weighted by atomic mass is 10.0. The standard InChI is InChI=1S/C30H17N3OS2/c35-26-22-15-19-11-7-8-12-20(19)16-23(22)27(36)24(26)17-25-31-30-28(33(25)21-13-5-2-6-14-21)32-29(34-30)18-9-3-1-4-10-18/h1-17H. The zero-order chi connectivity index (χ0) is 24.2. The number of rotatable bonds is 3. The Morgan fingerprint density at radius 2 is 1.28 bits per heavy atom. The molecule has 0 spiro atoms. The Morgan fingerprint density at radius 1 is 0.694 bits per heavy atom. The maximum Gasteiger partial charge on any atom is 0.267 e. The Hall–Kier alpha value is -4.26. The first-order chi connectivity index (χ1) is 17.7. The number of hydrogen-bond donors (Lipinski definition) is 0. The number of fused-ring (bicyclic) bond motifs is 3. The van der Waals surface area contributed by atoms with Crippen LogP contribution in [0.3, 0.4) is 0 Å². The second-order valence-electron chi connectivity index (χ2n) is 8.62. The summed E-state index contributed by atoms with van der Waals surface area (Å²) in [5.41, 5.74) is 5.73. The monoisotopic (exact) mass is 499 g/mol. The second-order valence-corrected chi connectivity index (χ2v) is 9.43. The Balaban J connectivity index is 1.40.